The number of aryl methyl sites for hydroxylation is 1. The highest BCUT2D eigenvalue weighted by Gasteiger charge is 2.28. The van der Waals surface area contributed by atoms with E-state index in [4.69, 9.17) is 9.47 Å². The predicted octanol–water partition coefficient (Wildman–Crippen LogP) is 4.89. The molecule has 2 aromatic rings. The average Bonchev–Trinajstić information content (AvgIpc) is 2.77. The van der Waals surface area contributed by atoms with Crippen molar-refractivity contribution in [1.29, 1.82) is 0 Å². The van der Waals surface area contributed by atoms with Crippen molar-refractivity contribution in [2.45, 2.75) is 72.5 Å². The lowest BCUT2D eigenvalue weighted by Gasteiger charge is -2.31. The Morgan fingerprint density at radius 1 is 1.03 bits per heavy atom. The maximum atomic E-state index is 14.4. The molecule has 1 atom stereocenters. The van der Waals surface area contributed by atoms with E-state index in [-0.39, 0.29) is 24.8 Å². The lowest BCUT2D eigenvalue weighted by atomic mass is 10.1. The Labute approximate surface area is 202 Å². The lowest BCUT2D eigenvalue weighted by Crippen LogP contribution is -2.52. The summed E-state index contributed by atoms with van der Waals surface area (Å²) in [6, 6.07) is 11.2. The van der Waals surface area contributed by atoms with E-state index in [1.54, 1.807) is 25.1 Å². The van der Waals surface area contributed by atoms with Crippen LogP contribution < -0.4 is 14.8 Å². The molecule has 6 nitrogen and oxygen atoms in total. The van der Waals surface area contributed by atoms with Gasteiger partial charge in [0, 0.05) is 24.1 Å². The summed E-state index contributed by atoms with van der Waals surface area (Å²) in [6.45, 7) is 12.1. The Hall–Kier alpha value is -3.09. The first-order valence-corrected chi connectivity index (χ1v) is 11.8. The van der Waals surface area contributed by atoms with Crippen molar-refractivity contribution in [3.05, 3.63) is 59.4 Å². The second-order valence-electron chi connectivity index (χ2n) is 9.18. The molecule has 0 saturated heterocycles. The van der Waals surface area contributed by atoms with Crippen molar-refractivity contribution < 1.29 is 23.5 Å². The van der Waals surface area contributed by atoms with Crippen LogP contribution in [-0.2, 0) is 22.6 Å². The van der Waals surface area contributed by atoms with E-state index in [0.29, 0.717) is 36.7 Å². The van der Waals surface area contributed by atoms with Crippen molar-refractivity contribution in [3.8, 4) is 11.5 Å². The number of hydrogen-bond donors (Lipinski definition) is 1. The molecular formula is C27H37FN2O4. The van der Waals surface area contributed by atoms with E-state index in [1.165, 1.54) is 11.0 Å². The van der Waals surface area contributed by atoms with E-state index < -0.39 is 17.4 Å². The molecule has 0 aliphatic heterocycles. The maximum Gasteiger partial charge on any atom is 0.242 e. The molecule has 2 rings (SSSR count). The van der Waals surface area contributed by atoms with E-state index in [0.717, 1.165) is 5.56 Å². The molecule has 0 fully saturated rings. The highest BCUT2D eigenvalue weighted by Crippen LogP contribution is 2.29. The molecular weight excluding hydrogens is 435 g/mol. The number of carbonyl (C=O) groups excluding carboxylic acids is 2. The zero-order chi connectivity index (χ0) is 25.3. The Bertz CT molecular complexity index is 971. The molecule has 7 heteroatoms. The van der Waals surface area contributed by atoms with E-state index in [2.05, 4.69) is 5.32 Å². The minimum Gasteiger partial charge on any atom is -0.490 e. The molecule has 2 amide bonds. The van der Waals surface area contributed by atoms with E-state index in [9.17, 15) is 14.0 Å². The largest absolute Gasteiger partial charge is 0.490 e. The van der Waals surface area contributed by atoms with Crippen LogP contribution in [0.5, 0.6) is 11.5 Å². The van der Waals surface area contributed by atoms with Crippen molar-refractivity contribution in [3.63, 3.8) is 0 Å². The number of amides is 2. The summed E-state index contributed by atoms with van der Waals surface area (Å²) in [5.41, 5.74) is 0.833. The van der Waals surface area contributed by atoms with Crippen LogP contribution in [-0.4, -0.2) is 41.5 Å². The highest BCUT2D eigenvalue weighted by atomic mass is 19.1. The lowest BCUT2D eigenvalue weighted by molar-refractivity contribution is -0.141. The number of carbonyl (C=O) groups is 2. The molecule has 2 aromatic carbocycles. The van der Waals surface area contributed by atoms with Crippen molar-refractivity contribution >= 4 is 11.8 Å². The van der Waals surface area contributed by atoms with Gasteiger partial charge in [-0.25, -0.2) is 4.39 Å². The number of benzene rings is 2. The quantitative estimate of drug-likeness (QED) is 0.506. The van der Waals surface area contributed by atoms with Gasteiger partial charge >= 0.3 is 0 Å². The molecule has 0 heterocycles. The van der Waals surface area contributed by atoms with Gasteiger partial charge in [-0.3, -0.25) is 9.59 Å². The first kappa shape index (κ1) is 27.2. The second kappa shape index (κ2) is 12.4. The molecule has 0 unspecified atom stereocenters. The Kier molecular flexibility index (Phi) is 9.90. The molecule has 0 aromatic heterocycles. The molecule has 0 aliphatic rings. The van der Waals surface area contributed by atoms with Crippen LogP contribution >= 0.6 is 0 Å². The molecule has 0 bridgehead atoms. The van der Waals surface area contributed by atoms with Crippen LogP contribution in [0.15, 0.2) is 42.5 Å². The summed E-state index contributed by atoms with van der Waals surface area (Å²) >= 11 is 0. The van der Waals surface area contributed by atoms with E-state index in [1.807, 2.05) is 52.8 Å². The van der Waals surface area contributed by atoms with Crippen LogP contribution in [0, 0.1) is 5.82 Å². The Balaban J connectivity index is 2.21. The monoisotopic (exact) mass is 472 g/mol. The summed E-state index contributed by atoms with van der Waals surface area (Å²) in [5, 5.41) is 2.91. The molecule has 0 radical (unpaired) electrons. The average molecular weight is 473 g/mol. The summed E-state index contributed by atoms with van der Waals surface area (Å²) < 4.78 is 25.6. The number of nitrogens with one attached hydrogen (secondary N) is 1. The van der Waals surface area contributed by atoms with Crippen molar-refractivity contribution in [2.75, 3.05) is 13.2 Å². The molecule has 0 saturated carbocycles. The fourth-order valence-electron chi connectivity index (χ4n) is 3.51. The molecule has 186 valence electrons. The molecule has 0 spiro atoms. The summed E-state index contributed by atoms with van der Waals surface area (Å²) in [6.07, 6.45) is 0.619. The maximum absolute atomic E-state index is 14.4. The van der Waals surface area contributed by atoms with Gasteiger partial charge in [0.1, 0.15) is 11.9 Å². The number of nitrogens with zero attached hydrogens (tertiary/aromatic N) is 1. The number of hydrogen-bond acceptors (Lipinski definition) is 4. The third-order valence-electron chi connectivity index (χ3n) is 5.20. The zero-order valence-electron chi connectivity index (χ0n) is 21.1. The van der Waals surface area contributed by atoms with Gasteiger partial charge in [-0.2, -0.15) is 0 Å². The van der Waals surface area contributed by atoms with Crippen LogP contribution in [0.25, 0.3) is 0 Å². The molecule has 1 N–H and O–H groups in total. The number of rotatable bonds is 11. The summed E-state index contributed by atoms with van der Waals surface area (Å²) in [5.74, 6) is 0.378. The van der Waals surface area contributed by atoms with Crippen LogP contribution in [0.4, 0.5) is 4.39 Å². The minimum atomic E-state index is -0.759. The number of halogens is 1. The third kappa shape index (κ3) is 8.04. The topological polar surface area (TPSA) is 67.9 Å². The van der Waals surface area contributed by atoms with Gasteiger partial charge < -0.3 is 19.7 Å². The normalized spacial score (nSPS) is 12.1. The second-order valence-corrected chi connectivity index (χ2v) is 9.18. The van der Waals surface area contributed by atoms with Crippen molar-refractivity contribution in [2.24, 2.45) is 0 Å². The van der Waals surface area contributed by atoms with Gasteiger partial charge in [-0.1, -0.05) is 24.3 Å². The van der Waals surface area contributed by atoms with Gasteiger partial charge in [0.2, 0.25) is 11.8 Å². The summed E-state index contributed by atoms with van der Waals surface area (Å²) in [7, 11) is 0. The van der Waals surface area contributed by atoms with Crippen LogP contribution in [0.3, 0.4) is 0 Å². The van der Waals surface area contributed by atoms with Crippen LogP contribution in [0.2, 0.25) is 0 Å². The van der Waals surface area contributed by atoms with E-state index >= 15 is 0 Å². The van der Waals surface area contributed by atoms with Crippen LogP contribution in [0.1, 0.15) is 59.1 Å². The Morgan fingerprint density at radius 2 is 1.68 bits per heavy atom. The third-order valence-corrected chi connectivity index (χ3v) is 5.20. The molecule has 34 heavy (non-hydrogen) atoms. The minimum absolute atomic E-state index is 0.0116. The standard InChI is InChI=1S/C27H37FN2O4/c1-7-33-23-15-13-20(17-24(23)34-8-2)14-16-25(31)30(18-21-11-9-10-12-22(21)28)19(3)26(32)29-27(4,5)6/h9-13,15,17,19H,7-8,14,16,18H2,1-6H3,(H,29,32)/t19-/m0/s1. The first-order chi connectivity index (χ1) is 16.1. The smallest absolute Gasteiger partial charge is 0.242 e. The highest BCUT2D eigenvalue weighted by molar-refractivity contribution is 5.87. The predicted molar refractivity (Wildman–Crippen MR) is 131 cm³/mol. The Morgan fingerprint density at radius 3 is 2.29 bits per heavy atom. The van der Waals surface area contributed by atoms with Gasteiger partial charge in [-0.05, 0) is 71.7 Å². The fourth-order valence-corrected chi connectivity index (χ4v) is 3.51. The fraction of sp³-hybridized carbons (Fsp3) is 0.481. The SMILES string of the molecule is CCOc1ccc(CCC(=O)N(Cc2ccccc2F)[C@@H](C)C(=O)NC(C)(C)C)cc1OCC. The first-order valence-electron chi connectivity index (χ1n) is 11.8. The van der Waals surface area contributed by atoms with Gasteiger partial charge in [0.05, 0.1) is 13.2 Å². The van der Waals surface area contributed by atoms with Gasteiger partial charge in [-0.15, -0.1) is 0 Å². The van der Waals surface area contributed by atoms with Crippen molar-refractivity contribution in [1.82, 2.24) is 10.2 Å². The summed E-state index contributed by atoms with van der Waals surface area (Å²) in [4.78, 5) is 27.6. The van der Waals surface area contributed by atoms with Gasteiger partial charge in [0.15, 0.2) is 11.5 Å². The van der Waals surface area contributed by atoms with Gasteiger partial charge in [0.25, 0.3) is 0 Å². The molecule has 0 aliphatic carbocycles. The number of ether oxygens (including phenoxy) is 2. The zero-order valence-corrected chi connectivity index (χ0v) is 21.1.